The van der Waals surface area contributed by atoms with Crippen LogP contribution >= 0.6 is 15.9 Å². The summed E-state index contributed by atoms with van der Waals surface area (Å²) in [5.41, 5.74) is -1.03. The number of carboxylic acids is 1. The standard InChI is InChI=1S/C9H10BrNO4/c1-9(2,8(13)14)11-7(12)5-3-6(10)15-4-5/h3-4H,1-2H3,(H,11,12)(H,13,14). The maximum absolute atomic E-state index is 11.5. The number of hydrogen-bond donors (Lipinski definition) is 2. The molecule has 0 atom stereocenters. The van der Waals surface area contributed by atoms with E-state index in [2.05, 4.69) is 21.2 Å². The van der Waals surface area contributed by atoms with E-state index in [1.165, 1.54) is 26.2 Å². The van der Waals surface area contributed by atoms with Gasteiger partial charge < -0.3 is 14.8 Å². The number of rotatable bonds is 3. The van der Waals surface area contributed by atoms with Crippen LogP contribution in [-0.2, 0) is 4.79 Å². The van der Waals surface area contributed by atoms with Gasteiger partial charge in [0.05, 0.1) is 5.56 Å². The Labute approximate surface area is 94.6 Å². The first-order valence-corrected chi connectivity index (χ1v) is 4.92. The Kier molecular flexibility index (Phi) is 3.18. The van der Waals surface area contributed by atoms with Crippen LogP contribution in [0.15, 0.2) is 21.4 Å². The summed E-state index contributed by atoms with van der Waals surface area (Å²) in [6.45, 7) is 2.81. The predicted octanol–water partition coefficient (Wildman–Crippen LogP) is 1.64. The fourth-order valence-electron chi connectivity index (χ4n) is 0.839. The normalized spacial score (nSPS) is 11.1. The van der Waals surface area contributed by atoms with E-state index in [-0.39, 0.29) is 5.56 Å². The quantitative estimate of drug-likeness (QED) is 0.879. The molecular formula is C9H10BrNO4. The van der Waals surface area contributed by atoms with Crippen molar-refractivity contribution in [2.24, 2.45) is 0 Å². The summed E-state index contributed by atoms with van der Waals surface area (Å²) in [5, 5.41) is 11.2. The first-order chi connectivity index (χ1) is 6.83. The number of furan rings is 1. The summed E-state index contributed by atoms with van der Waals surface area (Å²) in [6.07, 6.45) is 1.25. The van der Waals surface area contributed by atoms with Crippen LogP contribution in [0.3, 0.4) is 0 Å². The first kappa shape index (κ1) is 11.8. The Bertz CT molecular complexity index is 397. The molecule has 1 aromatic heterocycles. The largest absolute Gasteiger partial charge is 0.480 e. The van der Waals surface area contributed by atoms with E-state index < -0.39 is 17.4 Å². The number of carboxylic acid groups (broad SMARTS) is 1. The van der Waals surface area contributed by atoms with E-state index in [9.17, 15) is 9.59 Å². The van der Waals surface area contributed by atoms with Gasteiger partial charge in [0, 0.05) is 6.07 Å². The molecule has 6 heteroatoms. The van der Waals surface area contributed by atoms with Gasteiger partial charge in [-0.15, -0.1) is 0 Å². The highest BCUT2D eigenvalue weighted by Gasteiger charge is 2.29. The molecule has 2 N–H and O–H groups in total. The van der Waals surface area contributed by atoms with Gasteiger partial charge in [-0.05, 0) is 29.8 Å². The summed E-state index contributed by atoms with van der Waals surface area (Å²) in [7, 11) is 0. The van der Waals surface area contributed by atoms with Crippen LogP contribution in [0.4, 0.5) is 0 Å². The molecule has 5 nitrogen and oxygen atoms in total. The summed E-state index contributed by atoms with van der Waals surface area (Å²) in [4.78, 5) is 22.3. The van der Waals surface area contributed by atoms with Crippen molar-refractivity contribution in [3.05, 3.63) is 22.6 Å². The van der Waals surface area contributed by atoms with Gasteiger partial charge in [-0.1, -0.05) is 0 Å². The average molecular weight is 276 g/mol. The van der Waals surface area contributed by atoms with E-state index in [1.54, 1.807) is 0 Å². The van der Waals surface area contributed by atoms with Gasteiger partial charge in [-0.3, -0.25) is 4.79 Å². The lowest BCUT2D eigenvalue weighted by molar-refractivity contribution is -0.143. The van der Waals surface area contributed by atoms with Gasteiger partial charge in [0.2, 0.25) is 0 Å². The molecule has 0 aliphatic heterocycles. The minimum Gasteiger partial charge on any atom is -0.480 e. The summed E-state index contributed by atoms with van der Waals surface area (Å²) >= 11 is 3.05. The Balaban J connectivity index is 2.76. The molecule has 0 spiro atoms. The molecule has 82 valence electrons. The van der Waals surface area contributed by atoms with E-state index in [4.69, 9.17) is 9.52 Å². The maximum atomic E-state index is 11.5. The van der Waals surface area contributed by atoms with Crippen molar-refractivity contribution < 1.29 is 19.1 Å². The topological polar surface area (TPSA) is 79.5 Å². The van der Waals surface area contributed by atoms with Crippen molar-refractivity contribution in [1.29, 1.82) is 0 Å². The SMILES string of the molecule is CC(C)(NC(=O)c1coc(Br)c1)C(=O)O. The van der Waals surface area contributed by atoms with Crippen LogP contribution in [0.1, 0.15) is 24.2 Å². The molecule has 1 heterocycles. The van der Waals surface area contributed by atoms with E-state index in [0.717, 1.165) is 0 Å². The van der Waals surface area contributed by atoms with Gasteiger partial charge >= 0.3 is 5.97 Å². The summed E-state index contributed by atoms with van der Waals surface area (Å²) in [5.74, 6) is -1.59. The molecular weight excluding hydrogens is 266 g/mol. The zero-order chi connectivity index (χ0) is 11.6. The van der Waals surface area contributed by atoms with Gasteiger partial charge in [0.25, 0.3) is 5.91 Å². The van der Waals surface area contributed by atoms with Crippen molar-refractivity contribution >= 4 is 27.8 Å². The first-order valence-electron chi connectivity index (χ1n) is 4.13. The molecule has 0 unspecified atom stereocenters. The summed E-state index contributed by atoms with van der Waals surface area (Å²) in [6, 6.07) is 1.47. The van der Waals surface area contributed by atoms with Crippen LogP contribution < -0.4 is 5.32 Å². The number of halogens is 1. The molecule has 0 radical (unpaired) electrons. The zero-order valence-corrected chi connectivity index (χ0v) is 9.79. The second-order valence-electron chi connectivity index (χ2n) is 3.52. The van der Waals surface area contributed by atoms with Crippen molar-refractivity contribution in [2.45, 2.75) is 19.4 Å². The van der Waals surface area contributed by atoms with Crippen molar-refractivity contribution in [3.63, 3.8) is 0 Å². The molecule has 0 saturated carbocycles. The van der Waals surface area contributed by atoms with Gasteiger partial charge in [-0.2, -0.15) is 0 Å². The second-order valence-corrected chi connectivity index (χ2v) is 4.31. The van der Waals surface area contributed by atoms with Crippen LogP contribution in [0, 0.1) is 0 Å². The Hall–Kier alpha value is -1.30. The van der Waals surface area contributed by atoms with Crippen molar-refractivity contribution in [2.75, 3.05) is 0 Å². The maximum Gasteiger partial charge on any atom is 0.328 e. The molecule has 0 aliphatic rings. The van der Waals surface area contributed by atoms with E-state index in [0.29, 0.717) is 4.67 Å². The fourth-order valence-corrected chi connectivity index (χ4v) is 1.18. The minimum atomic E-state index is -1.30. The van der Waals surface area contributed by atoms with E-state index in [1.807, 2.05) is 0 Å². The highest BCUT2D eigenvalue weighted by atomic mass is 79.9. The Morgan fingerprint density at radius 3 is 2.53 bits per heavy atom. The number of hydrogen-bond acceptors (Lipinski definition) is 3. The molecule has 15 heavy (non-hydrogen) atoms. The predicted molar refractivity (Wildman–Crippen MR) is 55.6 cm³/mol. The van der Waals surface area contributed by atoms with E-state index >= 15 is 0 Å². The highest BCUT2D eigenvalue weighted by Crippen LogP contribution is 2.14. The number of carbonyl (C=O) groups is 2. The molecule has 0 bridgehead atoms. The third-order valence-electron chi connectivity index (χ3n) is 1.79. The van der Waals surface area contributed by atoms with Gasteiger partial charge in [0.1, 0.15) is 11.8 Å². The third-order valence-corrected chi connectivity index (χ3v) is 2.21. The van der Waals surface area contributed by atoms with Gasteiger partial charge in [-0.25, -0.2) is 4.79 Å². The van der Waals surface area contributed by atoms with Crippen LogP contribution in [-0.4, -0.2) is 22.5 Å². The van der Waals surface area contributed by atoms with Crippen LogP contribution in [0.25, 0.3) is 0 Å². The Morgan fingerprint density at radius 2 is 2.13 bits per heavy atom. The molecule has 1 rings (SSSR count). The molecule has 0 aromatic carbocycles. The summed E-state index contributed by atoms with van der Waals surface area (Å²) < 4.78 is 5.29. The minimum absolute atomic E-state index is 0.274. The molecule has 0 fully saturated rings. The molecule has 0 aliphatic carbocycles. The Morgan fingerprint density at radius 1 is 1.53 bits per heavy atom. The number of carbonyl (C=O) groups excluding carboxylic acids is 1. The monoisotopic (exact) mass is 275 g/mol. The van der Waals surface area contributed by atoms with Crippen molar-refractivity contribution in [1.82, 2.24) is 5.32 Å². The second kappa shape index (κ2) is 4.06. The number of aliphatic carboxylic acids is 1. The lowest BCUT2D eigenvalue weighted by Crippen LogP contribution is -2.49. The molecule has 0 saturated heterocycles. The van der Waals surface area contributed by atoms with Crippen molar-refractivity contribution in [3.8, 4) is 0 Å². The molecule has 1 aromatic rings. The number of amides is 1. The molecule has 1 amide bonds. The number of nitrogens with one attached hydrogen (secondary N) is 1. The zero-order valence-electron chi connectivity index (χ0n) is 8.20. The highest BCUT2D eigenvalue weighted by molar-refractivity contribution is 9.10. The van der Waals surface area contributed by atoms with Gasteiger partial charge in [0.15, 0.2) is 4.67 Å². The lowest BCUT2D eigenvalue weighted by Gasteiger charge is -2.20. The smallest absolute Gasteiger partial charge is 0.328 e. The lowest BCUT2D eigenvalue weighted by atomic mass is 10.1. The average Bonchev–Trinajstić information content (AvgIpc) is 2.50. The third kappa shape index (κ3) is 2.82. The van der Waals surface area contributed by atoms with Crippen LogP contribution in [0.2, 0.25) is 0 Å². The van der Waals surface area contributed by atoms with Crippen LogP contribution in [0.5, 0.6) is 0 Å². The fraction of sp³-hybridized carbons (Fsp3) is 0.333.